The number of carbonyl (C=O) groups is 2. The van der Waals surface area contributed by atoms with Crippen LogP contribution in [0.25, 0.3) is 0 Å². The lowest BCUT2D eigenvalue weighted by Crippen LogP contribution is -2.36. The number of amides is 2. The van der Waals surface area contributed by atoms with Crippen LogP contribution in [0.2, 0.25) is 0 Å². The summed E-state index contributed by atoms with van der Waals surface area (Å²) < 4.78 is 44.7. The summed E-state index contributed by atoms with van der Waals surface area (Å²) in [6, 6.07) is 8.10. The molecule has 1 aromatic heterocycles. The van der Waals surface area contributed by atoms with Gasteiger partial charge in [-0.2, -0.15) is 13.2 Å². The second-order valence-corrected chi connectivity index (χ2v) is 8.00. The van der Waals surface area contributed by atoms with Gasteiger partial charge in [0.1, 0.15) is 0 Å². The van der Waals surface area contributed by atoms with Gasteiger partial charge >= 0.3 is 6.18 Å². The van der Waals surface area contributed by atoms with E-state index in [2.05, 4.69) is 5.32 Å². The molecular formula is C22H25F3N2O3. The second kappa shape index (κ2) is 8.93. The fourth-order valence-corrected chi connectivity index (χ4v) is 3.69. The van der Waals surface area contributed by atoms with Crippen LogP contribution in [0.3, 0.4) is 0 Å². The van der Waals surface area contributed by atoms with Crippen LogP contribution in [-0.2, 0) is 11.0 Å². The standard InChI is InChI=1S/C22H25F3N2O3/c1-14(2)8-9-26-20(28)18-13-27(21(29)19-7-4-10-30-19)12-17(18)15-5-3-6-16(11-15)22(23,24)25/h3-7,10-11,14,17-18H,8-9,12-13H2,1-2H3,(H,26,28). The van der Waals surface area contributed by atoms with Crippen LogP contribution in [0.5, 0.6) is 0 Å². The summed E-state index contributed by atoms with van der Waals surface area (Å²) in [5.74, 6) is -1.27. The molecule has 1 aliphatic heterocycles. The van der Waals surface area contributed by atoms with E-state index in [1.54, 1.807) is 12.1 Å². The van der Waals surface area contributed by atoms with E-state index < -0.39 is 23.6 Å². The fourth-order valence-electron chi connectivity index (χ4n) is 3.69. The lowest BCUT2D eigenvalue weighted by atomic mass is 9.87. The van der Waals surface area contributed by atoms with E-state index in [4.69, 9.17) is 4.42 Å². The Morgan fingerprint density at radius 3 is 2.60 bits per heavy atom. The third-order valence-electron chi connectivity index (χ3n) is 5.34. The number of nitrogens with zero attached hydrogens (tertiary/aromatic N) is 1. The number of hydrogen-bond acceptors (Lipinski definition) is 3. The van der Waals surface area contributed by atoms with Crippen LogP contribution >= 0.6 is 0 Å². The molecule has 30 heavy (non-hydrogen) atoms. The molecule has 8 heteroatoms. The van der Waals surface area contributed by atoms with E-state index in [-0.39, 0.29) is 30.7 Å². The van der Waals surface area contributed by atoms with Crippen molar-refractivity contribution in [3.63, 3.8) is 0 Å². The van der Waals surface area contributed by atoms with E-state index >= 15 is 0 Å². The summed E-state index contributed by atoms with van der Waals surface area (Å²) >= 11 is 0. The largest absolute Gasteiger partial charge is 0.459 e. The van der Waals surface area contributed by atoms with Crippen molar-refractivity contribution in [1.29, 1.82) is 0 Å². The number of carbonyl (C=O) groups excluding carboxylic acids is 2. The molecular weight excluding hydrogens is 397 g/mol. The average molecular weight is 422 g/mol. The van der Waals surface area contributed by atoms with Crippen LogP contribution in [0.15, 0.2) is 47.1 Å². The summed E-state index contributed by atoms with van der Waals surface area (Å²) in [4.78, 5) is 27.0. The molecule has 3 rings (SSSR count). The van der Waals surface area contributed by atoms with Crippen LogP contribution in [0, 0.1) is 11.8 Å². The molecule has 5 nitrogen and oxygen atoms in total. The topological polar surface area (TPSA) is 62.6 Å². The van der Waals surface area contributed by atoms with Crippen molar-refractivity contribution in [1.82, 2.24) is 10.2 Å². The highest BCUT2D eigenvalue weighted by molar-refractivity contribution is 5.92. The van der Waals surface area contributed by atoms with E-state index in [1.807, 2.05) is 13.8 Å². The minimum atomic E-state index is -4.48. The SMILES string of the molecule is CC(C)CCNC(=O)C1CN(C(=O)c2ccco2)CC1c1cccc(C(F)(F)F)c1. The van der Waals surface area contributed by atoms with Gasteiger partial charge in [0.05, 0.1) is 17.7 Å². The number of furan rings is 1. The zero-order valence-corrected chi connectivity index (χ0v) is 16.9. The van der Waals surface area contributed by atoms with Gasteiger partial charge in [-0.05, 0) is 36.1 Å². The van der Waals surface area contributed by atoms with Crippen LogP contribution in [-0.4, -0.2) is 36.3 Å². The summed E-state index contributed by atoms with van der Waals surface area (Å²) in [6.07, 6.45) is -2.31. The Labute approximate surface area is 173 Å². The summed E-state index contributed by atoms with van der Waals surface area (Å²) in [5.41, 5.74) is -0.377. The van der Waals surface area contributed by atoms with Gasteiger partial charge in [0, 0.05) is 25.6 Å². The highest BCUT2D eigenvalue weighted by atomic mass is 19.4. The Bertz CT molecular complexity index is 878. The molecule has 1 aliphatic rings. The maximum absolute atomic E-state index is 13.2. The summed E-state index contributed by atoms with van der Waals surface area (Å²) in [6.45, 7) is 4.82. The molecule has 1 N–H and O–H groups in total. The quantitative estimate of drug-likeness (QED) is 0.754. The van der Waals surface area contributed by atoms with Crippen molar-refractivity contribution in [2.75, 3.05) is 19.6 Å². The second-order valence-electron chi connectivity index (χ2n) is 8.00. The molecule has 1 aromatic carbocycles. The number of rotatable bonds is 6. The minimum absolute atomic E-state index is 0.119. The van der Waals surface area contributed by atoms with Gasteiger partial charge in [-0.25, -0.2) is 0 Å². The van der Waals surface area contributed by atoms with Gasteiger partial charge in [-0.1, -0.05) is 32.0 Å². The van der Waals surface area contributed by atoms with Crippen molar-refractivity contribution >= 4 is 11.8 Å². The first-order chi connectivity index (χ1) is 14.2. The first kappa shape index (κ1) is 21.9. The Morgan fingerprint density at radius 1 is 1.20 bits per heavy atom. The number of hydrogen-bond donors (Lipinski definition) is 1. The van der Waals surface area contributed by atoms with E-state index in [1.165, 1.54) is 23.3 Å². The van der Waals surface area contributed by atoms with Gasteiger partial charge in [-0.3, -0.25) is 9.59 Å². The monoisotopic (exact) mass is 422 g/mol. The van der Waals surface area contributed by atoms with Gasteiger partial charge in [-0.15, -0.1) is 0 Å². The average Bonchev–Trinajstić information content (AvgIpc) is 3.37. The Kier molecular flexibility index (Phi) is 6.53. The van der Waals surface area contributed by atoms with Gasteiger partial charge < -0.3 is 14.6 Å². The molecule has 2 heterocycles. The Hall–Kier alpha value is -2.77. The molecule has 2 atom stereocenters. The van der Waals surface area contributed by atoms with Crippen LogP contribution in [0.4, 0.5) is 13.2 Å². The molecule has 0 spiro atoms. The van der Waals surface area contributed by atoms with Crippen molar-refractivity contribution in [2.45, 2.75) is 32.4 Å². The smallest absolute Gasteiger partial charge is 0.416 e. The van der Waals surface area contributed by atoms with Gasteiger partial charge in [0.15, 0.2) is 5.76 Å². The minimum Gasteiger partial charge on any atom is -0.459 e. The molecule has 2 unspecified atom stereocenters. The number of halogens is 3. The molecule has 0 radical (unpaired) electrons. The zero-order chi connectivity index (χ0) is 21.9. The number of alkyl halides is 3. The highest BCUT2D eigenvalue weighted by Crippen LogP contribution is 2.37. The zero-order valence-electron chi connectivity index (χ0n) is 16.9. The molecule has 0 aliphatic carbocycles. The van der Waals surface area contributed by atoms with Gasteiger partial charge in [0.25, 0.3) is 5.91 Å². The van der Waals surface area contributed by atoms with Crippen LogP contribution < -0.4 is 5.32 Å². The van der Waals surface area contributed by atoms with E-state index in [0.717, 1.165) is 18.6 Å². The lowest BCUT2D eigenvalue weighted by molar-refractivity contribution is -0.137. The molecule has 0 bridgehead atoms. The first-order valence-corrected chi connectivity index (χ1v) is 9.94. The van der Waals surface area contributed by atoms with E-state index in [9.17, 15) is 22.8 Å². The predicted octanol–water partition coefficient (Wildman–Crippen LogP) is 4.32. The summed E-state index contributed by atoms with van der Waals surface area (Å²) in [7, 11) is 0. The van der Waals surface area contributed by atoms with Crippen molar-refractivity contribution in [3.05, 3.63) is 59.5 Å². The maximum atomic E-state index is 13.2. The number of likely N-dealkylation sites (tertiary alicyclic amines) is 1. The molecule has 162 valence electrons. The predicted molar refractivity (Wildman–Crippen MR) is 105 cm³/mol. The first-order valence-electron chi connectivity index (χ1n) is 9.94. The molecule has 1 fully saturated rings. The van der Waals surface area contributed by atoms with Crippen molar-refractivity contribution < 1.29 is 27.2 Å². The third kappa shape index (κ3) is 5.04. The molecule has 2 amide bonds. The van der Waals surface area contributed by atoms with Crippen molar-refractivity contribution in [2.24, 2.45) is 11.8 Å². The Morgan fingerprint density at radius 2 is 1.97 bits per heavy atom. The third-order valence-corrected chi connectivity index (χ3v) is 5.34. The normalized spacial score (nSPS) is 19.3. The fraction of sp³-hybridized carbons (Fsp3) is 0.455. The van der Waals surface area contributed by atoms with Crippen molar-refractivity contribution in [3.8, 4) is 0 Å². The molecule has 2 aromatic rings. The Balaban J connectivity index is 1.85. The molecule has 1 saturated heterocycles. The highest BCUT2D eigenvalue weighted by Gasteiger charge is 2.42. The number of nitrogens with one attached hydrogen (secondary N) is 1. The number of benzene rings is 1. The van der Waals surface area contributed by atoms with E-state index in [0.29, 0.717) is 18.0 Å². The molecule has 0 saturated carbocycles. The van der Waals surface area contributed by atoms with Crippen LogP contribution in [0.1, 0.15) is 47.9 Å². The lowest BCUT2D eigenvalue weighted by Gasteiger charge is -2.19. The summed E-state index contributed by atoms with van der Waals surface area (Å²) in [5, 5.41) is 2.87. The maximum Gasteiger partial charge on any atom is 0.416 e. The van der Waals surface area contributed by atoms with Gasteiger partial charge in [0.2, 0.25) is 5.91 Å².